The number of hydrogen-bond donors (Lipinski definition) is 2. The first kappa shape index (κ1) is 14.2. The first-order valence-corrected chi connectivity index (χ1v) is 6.43. The molecule has 1 heterocycles. The zero-order valence-electron chi connectivity index (χ0n) is 11.3. The summed E-state index contributed by atoms with van der Waals surface area (Å²) >= 11 is 0. The summed E-state index contributed by atoms with van der Waals surface area (Å²) in [5.41, 5.74) is 0.179. The van der Waals surface area contributed by atoms with Gasteiger partial charge in [0.2, 0.25) is 0 Å². The lowest BCUT2D eigenvalue weighted by Crippen LogP contribution is -2.35. The predicted molar refractivity (Wildman–Crippen MR) is 74.0 cm³/mol. The van der Waals surface area contributed by atoms with Gasteiger partial charge in [-0.05, 0) is 18.1 Å². The molecule has 0 spiro atoms. The molecule has 5 nitrogen and oxygen atoms in total. The van der Waals surface area contributed by atoms with Crippen molar-refractivity contribution in [3.63, 3.8) is 0 Å². The van der Waals surface area contributed by atoms with Crippen LogP contribution in [0.5, 0.6) is 0 Å². The van der Waals surface area contributed by atoms with Gasteiger partial charge in [0.15, 0.2) is 0 Å². The molecule has 0 saturated heterocycles. The molecule has 0 aliphatic heterocycles. The number of rotatable bonds is 5. The van der Waals surface area contributed by atoms with Gasteiger partial charge in [-0.2, -0.15) is 0 Å². The highest BCUT2D eigenvalue weighted by molar-refractivity contribution is 5.91. The third kappa shape index (κ3) is 2.68. The van der Waals surface area contributed by atoms with Crippen LogP contribution in [-0.2, 0) is 4.79 Å². The van der Waals surface area contributed by atoms with Gasteiger partial charge in [-0.15, -0.1) is 0 Å². The van der Waals surface area contributed by atoms with E-state index in [1.54, 1.807) is 12.1 Å². The summed E-state index contributed by atoms with van der Waals surface area (Å²) in [6.07, 6.45) is 1.94. The fraction of sp³-hybridized carbons (Fsp3) is 0.357. The van der Waals surface area contributed by atoms with E-state index >= 15 is 0 Å². The van der Waals surface area contributed by atoms with Crippen molar-refractivity contribution >= 4 is 22.7 Å². The Morgan fingerprint density at radius 1 is 1.45 bits per heavy atom. The van der Waals surface area contributed by atoms with Crippen LogP contribution < -0.4 is 5.32 Å². The molecule has 0 aliphatic rings. The van der Waals surface area contributed by atoms with E-state index in [-0.39, 0.29) is 11.4 Å². The summed E-state index contributed by atoms with van der Waals surface area (Å²) in [6.45, 7) is 3.76. The number of carboxylic acid groups (broad SMARTS) is 1. The average Bonchev–Trinajstić information content (AvgIpc) is 2.44. The fourth-order valence-electron chi connectivity index (χ4n) is 2.00. The van der Waals surface area contributed by atoms with Crippen molar-refractivity contribution in [2.45, 2.75) is 26.3 Å². The van der Waals surface area contributed by atoms with E-state index in [0.29, 0.717) is 17.6 Å². The van der Waals surface area contributed by atoms with Crippen LogP contribution in [0, 0.1) is 11.7 Å². The van der Waals surface area contributed by atoms with Crippen LogP contribution >= 0.6 is 0 Å². The van der Waals surface area contributed by atoms with E-state index in [1.807, 2.05) is 13.8 Å². The molecule has 1 aromatic heterocycles. The van der Waals surface area contributed by atoms with Crippen LogP contribution in [-0.4, -0.2) is 27.1 Å². The number of nitrogens with zero attached hydrogens (tertiary/aromatic N) is 2. The predicted octanol–water partition coefficient (Wildman–Crippen LogP) is 2.68. The maximum atomic E-state index is 13.7. The van der Waals surface area contributed by atoms with Gasteiger partial charge in [0, 0.05) is 5.39 Å². The molecule has 0 amide bonds. The number of benzene rings is 1. The molecule has 2 aromatic rings. The smallest absolute Gasteiger partial charge is 0.326 e. The van der Waals surface area contributed by atoms with E-state index in [4.69, 9.17) is 0 Å². The lowest BCUT2D eigenvalue weighted by atomic mass is 9.99. The van der Waals surface area contributed by atoms with Crippen molar-refractivity contribution in [1.82, 2.24) is 9.97 Å². The summed E-state index contributed by atoms with van der Waals surface area (Å²) in [4.78, 5) is 19.2. The minimum absolute atomic E-state index is 0.0777. The van der Waals surface area contributed by atoms with E-state index < -0.39 is 17.8 Å². The summed E-state index contributed by atoms with van der Waals surface area (Å²) in [5.74, 6) is -1.15. The number of hydrogen-bond acceptors (Lipinski definition) is 4. The summed E-state index contributed by atoms with van der Waals surface area (Å²) in [7, 11) is 0. The minimum atomic E-state index is -0.956. The molecule has 0 aliphatic carbocycles. The number of halogens is 1. The topological polar surface area (TPSA) is 75.1 Å². The number of anilines is 1. The van der Waals surface area contributed by atoms with Crippen molar-refractivity contribution in [1.29, 1.82) is 0 Å². The van der Waals surface area contributed by atoms with Crippen molar-refractivity contribution in [3.05, 3.63) is 30.3 Å². The molecular weight excluding hydrogens is 261 g/mol. The van der Waals surface area contributed by atoms with Gasteiger partial charge in [-0.25, -0.2) is 19.2 Å². The molecular formula is C14H16FN3O2. The Morgan fingerprint density at radius 2 is 2.20 bits per heavy atom. The number of nitrogens with one attached hydrogen (secondary N) is 1. The zero-order valence-corrected chi connectivity index (χ0v) is 11.3. The third-order valence-electron chi connectivity index (χ3n) is 3.39. The van der Waals surface area contributed by atoms with Gasteiger partial charge in [-0.1, -0.05) is 26.3 Å². The van der Waals surface area contributed by atoms with Crippen LogP contribution in [0.4, 0.5) is 10.2 Å². The van der Waals surface area contributed by atoms with Gasteiger partial charge in [-0.3, -0.25) is 0 Å². The lowest BCUT2D eigenvalue weighted by Gasteiger charge is -2.21. The van der Waals surface area contributed by atoms with Gasteiger partial charge in [0.1, 0.15) is 29.5 Å². The fourth-order valence-corrected chi connectivity index (χ4v) is 2.00. The molecule has 2 atom stereocenters. The Labute approximate surface area is 115 Å². The molecule has 0 radical (unpaired) electrons. The van der Waals surface area contributed by atoms with Crippen LogP contribution in [0.3, 0.4) is 0 Å². The van der Waals surface area contributed by atoms with E-state index in [0.717, 1.165) is 0 Å². The zero-order chi connectivity index (χ0) is 14.7. The molecule has 0 bridgehead atoms. The Morgan fingerprint density at radius 3 is 2.85 bits per heavy atom. The second-order valence-electron chi connectivity index (χ2n) is 4.70. The molecule has 6 heteroatoms. The first-order valence-electron chi connectivity index (χ1n) is 6.43. The van der Waals surface area contributed by atoms with Crippen molar-refractivity contribution in [3.8, 4) is 0 Å². The Balaban J connectivity index is 2.43. The quantitative estimate of drug-likeness (QED) is 0.878. The Bertz CT molecular complexity index is 633. The third-order valence-corrected chi connectivity index (χ3v) is 3.39. The summed E-state index contributed by atoms with van der Waals surface area (Å²) < 4.78 is 13.7. The first-order chi connectivity index (χ1) is 9.54. The van der Waals surface area contributed by atoms with Crippen molar-refractivity contribution < 1.29 is 14.3 Å². The molecule has 1 aromatic carbocycles. The standard InChI is InChI=1S/C14H16FN3O2/c1-3-8(2)11(14(19)20)18-13-9-5-4-6-10(15)12(9)16-7-17-13/h4-8,11H,3H2,1-2H3,(H,19,20)(H,16,17,18)/t8-,11-/m0/s1. The van der Waals surface area contributed by atoms with Crippen molar-refractivity contribution in [2.24, 2.45) is 5.92 Å². The highest BCUT2D eigenvalue weighted by Crippen LogP contribution is 2.23. The number of carbonyl (C=O) groups is 1. The summed E-state index contributed by atoms with van der Waals surface area (Å²) in [6, 6.07) is 3.74. The number of aromatic nitrogens is 2. The van der Waals surface area contributed by atoms with Crippen LogP contribution in [0.1, 0.15) is 20.3 Å². The molecule has 0 fully saturated rings. The largest absolute Gasteiger partial charge is 0.480 e. The molecule has 0 unspecified atom stereocenters. The molecule has 0 saturated carbocycles. The van der Waals surface area contributed by atoms with Gasteiger partial charge >= 0.3 is 5.97 Å². The number of fused-ring (bicyclic) bond motifs is 1. The Hall–Kier alpha value is -2.24. The van der Waals surface area contributed by atoms with Gasteiger partial charge < -0.3 is 10.4 Å². The second kappa shape index (κ2) is 5.81. The number of aliphatic carboxylic acids is 1. The summed E-state index contributed by atoms with van der Waals surface area (Å²) in [5, 5.41) is 12.6. The van der Waals surface area contributed by atoms with E-state index in [2.05, 4.69) is 15.3 Å². The molecule has 106 valence electrons. The van der Waals surface area contributed by atoms with Crippen LogP contribution in [0.2, 0.25) is 0 Å². The second-order valence-corrected chi connectivity index (χ2v) is 4.70. The number of carboxylic acids is 1. The lowest BCUT2D eigenvalue weighted by molar-refractivity contribution is -0.139. The molecule has 2 rings (SSSR count). The van der Waals surface area contributed by atoms with Crippen LogP contribution in [0.25, 0.3) is 10.9 Å². The average molecular weight is 277 g/mol. The van der Waals surface area contributed by atoms with Gasteiger partial charge in [0.25, 0.3) is 0 Å². The maximum absolute atomic E-state index is 13.7. The normalized spacial score (nSPS) is 13.9. The molecule has 2 N–H and O–H groups in total. The SMILES string of the molecule is CC[C@H](C)[C@H](Nc1ncnc2c(F)cccc12)C(=O)O. The maximum Gasteiger partial charge on any atom is 0.326 e. The van der Waals surface area contributed by atoms with Crippen LogP contribution in [0.15, 0.2) is 24.5 Å². The molecule has 20 heavy (non-hydrogen) atoms. The highest BCUT2D eigenvalue weighted by Gasteiger charge is 2.24. The monoisotopic (exact) mass is 277 g/mol. The Kier molecular flexibility index (Phi) is 4.12. The van der Waals surface area contributed by atoms with Crippen molar-refractivity contribution in [2.75, 3.05) is 5.32 Å². The van der Waals surface area contributed by atoms with Gasteiger partial charge in [0.05, 0.1) is 0 Å². The van der Waals surface area contributed by atoms with E-state index in [9.17, 15) is 14.3 Å². The number of para-hydroxylation sites is 1. The highest BCUT2D eigenvalue weighted by atomic mass is 19.1. The van der Waals surface area contributed by atoms with E-state index in [1.165, 1.54) is 12.4 Å². The minimum Gasteiger partial charge on any atom is -0.480 e.